The van der Waals surface area contributed by atoms with E-state index in [0.717, 1.165) is 11.3 Å². The number of hydrogen-bond donors (Lipinski definition) is 2. The molecule has 3 rings (SSSR count). The molecule has 0 radical (unpaired) electrons. The van der Waals surface area contributed by atoms with Gasteiger partial charge in [-0.15, -0.1) is 0 Å². The molecule has 122 valence electrons. The minimum Gasteiger partial charge on any atom is -0.497 e. The Bertz CT molecular complexity index is 889. The first kappa shape index (κ1) is 16.1. The summed E-state index contributed by atoms with van der Waals surface area (Å²) >= 11 is 6.25. The molecule has 0 saturated carbocycles. The summed E-state index contributed by atoms with van der Waals surface area (Å²) in [6, 6.07) is 14.3. The maximum Gasteiger partial charge on any atom is 0.255 e. The van der Waals surface area contributed by atoms with Crippen LogP contribution < -0.4 is 10.1 Å². The lowest BCUT2D eigenvalue weighted by atomic mass is 10.1. The highest BCUT2D eigenvalue weighted by atomic mass is 35.5. The van der Waals surface area contributed by atoms with Crippen LogP contribution in [0.15, 0.2) is 48.5 Å². The van der Waals surface area contributed by atoms with Gasteiger partial charge in [0.05, 0.1) is 23.5 Å². The second kappa shape index (κ2) is 6.76. The molecule has 0 bridgehead atoms. The number of H-pyrrole nitrogens is 1. The number of benzene rings is 2. The van der Waals surface area contributed by atoms with E-state index in [1.165, 1.54) is 0 Å². The summed E-state index contributed by atoms with van der Waals surface area (Å²) in [6.07, 6.45) is 0. The van der Waals surface area contributed by atoms with Crippen LogP contribution in [0.4, 0.5) is 5.69 Å². The number of hydrogen-bond acceptors (Lipinski definition) is 3. The van der Waals surface area contributed by atoms with Crippen LogP contribution in [0.3, 0.4) is 0 Å². The highest BCUT2D eigenvalue weighted by molar-refractivity contribution is 6.33. The Kier molecular flexibility index (Phi) is 4.53. The number of rotatable bonds is 4. The summed E-state index contributed by atoms with van der Waals surface area (Å²) in [5, 5.41) is 10.6. The zero-order valence-corrected chi connectivity index (χ0v) is 14.0. The third kappa shape index (κ3) is 3.12. The van der Waals surface area contributed by atoms with Gasteiger partial charge in [0.25, 0.3) is 5.91 Å². The largest absolute Gasteiger partial charge is 0.497 e. The van der Waals surface area contributed by atoms with Crippen molar-refractivity contribution < 1.29 is 9.53 Å². The lowest BCUT2D eigenvalue weighted by Gasteiger charge is -2.09. The molecule has 1 aromatic heterocycles. The summed E-state index contributed by atoms with van der Waals surface area (Å²) < 4.78 is 5.16. The molecule has 0 spiro atoms. The van der Waals surface area contributed by atoms with Crippen molar-refractivity contribution in [1.29, 1.82) is 0 Å². The Balaban J connectivity index is 1.95. The van der Waals surface area contributed by atoms with Crippen LogP contribution >= 0.6 is 11.6 Å². The van der Waals surface area contributed by atoms with Crippen LogP contribution in [0.2, 0.25) is 5.02 Å². The summed E-state index contributed by atoms with van der Waals surface area (Å²) in [6.45, 7) is 1.84. The van der Waals surface area contributed by atoms with E-state index in [-0.39, 0.29) is 5.91 Å². The second-order valence-electron chi connectivity index (χ2n) is 5.24. The minimum absolute atomic E-state index is 0.244. The lowest BCUT2D eigenvalue weighted by Crippen LogP contribution is -2.13. The van der Waals surface area contributed by atoms with Crippen LogP contribution in [-0.2, 0) is 0 Å². The van der Waals surface area contributed by atoms with Crippen molar-refractivity contribution in [3.8, 4) is 17.0 Å². The zero-order chi connectivity index (χ0) is 17.1. The van der Waals surface area contributed by atoms with Crippen molar-refractivity contribution in [2.45, 2.75) is 6.92 Å². The first-order valence-corrected chi connectivity index (χ1v) is 7.73. The van der Waals surface area contributed by atoms with E-state index in [2.05, 4.69) is 15.5 Å². The Morgan fingerprint density at radius 2 is 2.00 bits per heavy atom. The molecular formula is C18H16ClN3O2. The van der Waals surface area contributed by atoms with E-state index in [4.69, 9.17) is 16.3 Å². The molecule has 24 heavy (non-hydrogen) atoms. The molecule has 2 aromatic carbocycles. The number of carbonyl (C=O) groups is 1. The molecule has 0 atom stereocenters. The highest BCUT2D eigenvalue weighted by Crippen LogP contribution is 2.33. The van der Waals surface area contributed by atoms with Gasteiger partial charge in [0, 0.05) is 11.1 Å². The SMILES string of the molecule is COc1cccc(C(=O)Nc2c(-c3ccccc3Cl)n[nH]c2C)c1. The number of aryl methyl sites for hydroxylation is 1. The summed E-state index contributed by atoms with van der Waals surface area (Å²) in [5.74, 6) is 0.379. The molecule has 1 heterocycles. The number of methoxy groups -OCH3 is 1. The quantitative estimate of drug-likeness (QED) is 0.743. The molecule has 1 amide bonds. The van der Waals surface area contributed by atoms with Gasteiger partial charge in [-0.1, -0.05) is 35.9 Å². The monoisotopic (exact) mass is 341 g/mol. The molecule has 2 N–H and O–H groups in total. The Labute approximate surface area is 144 Å². The number of halogens is 1. The lowest BCUT2D eigenvalue weighted by molar-refractivity contribution is 0.102. The molecule has 0 unspecified atom stereocenters. The minimum atomic E-state index is -0.244. The number of nitrogens with one attached hydrogen (secondary N) is 2. The maximum atomic E-state index is 12.6. The zero-order valence-electron chi connectivity index (χ0n) is 13.3. The highest BCUT2D eigenvalue weighted by Gasteiger charge is 2.17. The number of aromatic amines is 1. The third-order valence-corrected chi connectivity index (χ3v) is 3.98. The fourth-order valence-corrected chi connectivity index (χ4v) is 2.61. The summed E-state index contributed by atoms with van der Waals surface area (Å²) in [4.78, 5) is 12.6. The van der Waals surface area contributed by atoms with Crippen LogP contribution in [0.25, 0.3) is 11.3 Å². The Hall–Kier alpha value is -2.79. The molecule has 0 aliphatic carbocycles. The average Bonchev–Trinajstić information content (AvgIpc) is 2.96. The maximum absolute atomic E-state index is 12.6. The molecule has 0 fully saturated rings. The number of anilines is 1. The van der Waals surface area contributed by atoms with E-state index in [1.807, 2.05) is 25.1 Å². The number of ether oxygens (including phenoxy) is 1. The van der Waals surface area contributed by atoms with Gasteiger partial charge in [0.2, 0.25) is 0 Å². The number of nitrogens with zero attached hydrogens (tertiary/aromatic N) is 1. The van der Waals surface area contributed by atoms with E-state index < -0.39 is 0 Å². The van der Waals surface area contributed by atoms with E-state index in [1.54, 1.807) is 37.4 Å². The number of amides is 1. The van der Waals surface area contributed by atoms with E-state index >= 15 is 0 Å². The van der Waals surface area contributed by atoms with Gasteiger partial charge in [0.1, 0.15) is 11.4 Å². The van der Waals surface area contributed by atoms with Crippen molar-refractivity contribution in [3.63, 3.8) is 0 Å². The molecule has 3 aromatic rings. The van der Waals surface area contributed by atoms with Gasteiger partial charge >= 0.3 is 0 Å². The predicted molar refractivity (Wildman–Crippen MR) is 94.7 cm³/mol. The molecule has 0 aliphatic heterocycles. The van der Waals surface area contributed by atoms with E-state index in [0.29, 0.717) is 27.7 Å². The standard InChI is InChI=1S/C18H16ClN3O2/c1-11-16(17(22-21-11)14-8-3-4-9-15(14)19)20-18(23)12-6-5-7-13(10-12)24-2/h3-10H,1-2H3,(H,20,23)(H,21,22). The Morgan fingerprint density at radius 1 is 1.21 bits per heavy atom. The van der Waals surface area contributed by atoms with Gasteiger partial charge in [-0.05, 0) is 31.2 Å². The van der Waals surface area contributed by atoms with Crippen LogP contribution in [0.5, 0.6) is 5.75 Å². The van der Waals surface area contributed by atoms with Gasteiger partial charge in [0.15, 0.2) is 0 Å². The van der Waals surface area contributed by atoms with Crippen molar-refractivity contribution >= 4 is 23.2 Å². The predicted octanol–water partition coefficient (Wildman–Crippen LogP) is 4.30. The smallest absolute Gasteiger partial charge is 0.255 e. The third-order valence-electron chi connectivity index (χ3n) is 3.65. The summed E-state index contributed by atoms with van der Waals surface area (Å²) in [7, 11) is 1.56. The van der Waals surface area contributed by atoms with Gasteiger partial charge in [-0.25, -0.2) is 0 Å². The Morgan fingerprint density at radius 3 is 2.75 bits per heavy atom. The van der Waals surface area contributed by atoms with Crippen molar-refractivity contribution in [3.05, 3.63) is 64.8 Å². The number of aromatic nitrogens is 2. The van der Waals surface area contributed by atoms with Crippen LogP contribution in [-0.4, -0.2) is 23.2 Å². The molecule has 6 heteroatoms. The van der Waals surface area contributed by atoms with Crippen molar-refractivity contribution in [2.24, 2.45) is 0 Å². The molecule has 5 nitrogen and oxygen atoms in total. The molecular weight excluding hydrogens is 326 g/mol. The van der Waals surface area contributed by atoms with E-state index in [9.17, 15) is 4.79 Å². The van der Waals surface area contributed by atoms with Crippen molar-refractivity contribution in [1.82, 2.24) is 10.2 Å². The van der Waals surface area contributed by atoms with Crippen molar-refractivity contribution in [2.75, 3.05) is 12.4 Å². The fraction of sp³-hybridized carbons (Fsp3) is 0.111. The number of carbonyl (C=O) groups excluding carboxylic acids is 1. The average molecular weight is 342 g/mol. The molecule has 0 aliphatic rings. The van der Waals surface area contributed by atoms with Gasteiger partial charge in [-0.3, -0.25) is 9.89 Å². The summed E-state index contributed by atoms with van der Waals surface area (Å²) in [5.41, 5.74) is 3.22. The second-order valence-corrected chi connectivity index (χ2v) is 5.65. The van der Waals surface area contributed by atoms with Crippen LogP contribution in [0.1, 0.15) is 16.1 Å². The first-order chi connectivity index (χ1) is 11.6. The topological polar surface area (TPSA) is 67.0 Å². The molecule has 0 saturated heterocycles. The van der Waals surface area contributed by atoms with Gasteiger partial charge < -0.3 is 10.1 Å². The fourth-order valence-electron chi connectivity index (χ4n) is 2.38. The van der Waals surface area contributed by atoms with Gasteiger partial charge in [-0.2, -0.15) is 5.10 Å². The van der Waals surface area contributed by atoms with Crippen LogP contribution in [0, 0.1) is 6.92 Å². The normalized spacial score (nSPS) is 10.5. The first-order valence-electron chi connectivity index (χ1n) is 7.35.